The average Bonchev–Trinajstić information content (AvgIpc) is 2.43. The van der Waals surface area contributed by atoms with E-state index < -0.39 is 17.8 Å². The highest BCUT2D eigenvalue weighted by Crippen LogP contribution is 2.26. The fraction of sp³-hybridized carbons (Fsp3) is 0.133. The van der Waals surface area contributed by atoms with E-state index in [1.54, 1.807) is 24.3 Å². The number of anilines is 1. The number of carbonyl (C=O) groups is 1. The highest BCUT2D eigenvalue weighted by atomic mass is 35.5. The van der Waals surface area contributed by atoms with Crippen molar-refractivity contribution < 1.29 is 19.0 Å². The number of phenols is 1. The van der Waals surface area contributed by atoms with Crippen LogP contribution < -0.4 is 5.32 Å². The summed E-state index contributed by atoms with van der Waals surface area (Å²) in [6.45, 7) is 0. The van der Waals surface area contributed by atoms with Crippen LogP contribution in [0.3, 0.4) is 0 Å². The summed E-state index contributed by atoms with van der Waals surface area (Å²) in [5, 5.41) is 12.9. The fourth-order valence-corrected chi connectivity index (χ4v) is 2.09. The minimum absolute atomic E-state index is 0.249. The first kappa shape index (κ1) is 15.1. The summed E-state index contributed by atoms with van der Waals surface area (Å²) < 4.78 is 18.1. The molecule has 0 saturated carbocycles. The van der Waals surface area contributed by atoms with Crippen molar-refractivity contribution in [1.29, 1.82) is 0 Å². The topological polar surface area (TPSA) is 58.6 Å². The van der Waals surface area contributed by atoms with Crippen molar-refractivity contribution in [3.05, 3.63) is 58.9 Å². The van der Waals surface area contributed by atoms with Crippen LogP contribution in [0.25, 0.3) is 0 Å². The molecule has 2 rings (SSSR count). The molecule has 21 heavy (non-hydrogen) atoms. The third kappa shape index (κ3) is 3.86. The van der Waals surface area contributed by atoms with Crippen LogP contribution in [0.2, 0.25) is 5.02 Å². The number of phenolic OH excluding ortho intramolecular Hbond substituents is 1. The molecule has 6 heteroatoms. The summed E-state index contributed by atoms with van der Waals surface area (Å²) in [4.78, 5) is 11.9. The van der Waals surface area contributed by atoms with Gasteiger partial charge in [0.25, 0.3) is 0 Å². The van der Waals surface area contributed by atoms with Crippen LogP contribution in [0.1, 0.15) is 11.6 Å². The molecule has 0 fully saturated rings. The molecule has 1 atom stereocenters. The van der Waals surface area contributed by atoms with Crippen LogP contribution in [-0.2, 0) is 9.53 Å². The number of rotatable bonds is 4. The van der Waals surface area contributed by atoms with Crippen molar-refractivity contribution in [2.24, 2.45) is 0 Å². The van der Waals surface area contributed by atoms with E-state index in [0.29, 0.717) is 10.7 Å². The Kier molecular flexibility index (Phi) is 4.65. The van der Waals surface area contributed by atoms with E-state index in [4.69, 9.17) is 16.3 Å². The van der Waals surface area contributed by atoms with Crippen molar-refractivity contribution in [3.63, 3.8) is 0 Å². The van der Waals surface area contributed by atoms with E-state index >= 15 is 0 Å². The molecule has 4 nitrogen and oxygen atoms in total. The molecule has 0 heterocycles. The van der Waals surface area contributed by atoms with Crippen molar-refractivity contribution in [3.8, 4) is 5.75 Å². The smallest absolute Gasteiger partial charge is 0.332 e. The second kappa shape index (κ2) is 6.45. The summed E-state index contributed by atoms with van der Waals surface area (Å²) in [7, 11) is 1.23. The van der Waals surface area contributed by atoms with Crippen LogP contribution in [0, 0.1) is 5.82 Å². The number of aromatic hydroxyl groups is 1. The minimum atomic E-state index is -0.963. The Labute approximate surface area is 126 Å². The summed E-state index contributed by atoms with van der Waals surface area (Å²) >= 11 is 5.88. The average molecular weight is 310 g/mol. The van der Waals surface area contributed by atoms with Gasteiger partial charge in [-0.2, -0.15) is 0 Å². The van der Waals surface area contributed by atoms with Gasteiger partial charge in [-0.15, -0.1) is 0 Å². The predicted octanol–water partition coefficient (Wildman–Crippen LogP) is 3.51. The summed E-state index contributed by atoms with van der Waals surface area (Å²) in [6, 6.07) is 9.17. The molecule has 0 aliphatic rings. The number of methoxy groups -OCH3 is 1. The zero-order chi connectivity index (χ0) is 15.4. The molecular formula is C15H13ClFNO3. The monoisotopic (exact) mass is 309 g/mol. The predicted molar refractivity (Wildman–Crippen MR) is 77.9 cm³/mol. The molecule has 0 aromatic heterocycles. The Bertz CT molecular complexity index is 643. The van der Waals surface area contributed by atoms with Crippen LogP contribution in [0.5, 0.6) is 5.75 Å². The molecule has 0 spiro atoms. The van der Waals surface area contributed by atoms with Gasteiger partial charge in [-0.25, -0.2) is 9.18 Å². The summed E-state index contributed by atoms with van der Waals surface area (Å²) in [6.07, 6.45) is 0. The van der Waals surface area contributed by atoms with Gasteiger partial charge >= 0.3 is 5.97 Å². The Morgan fingerprint density at radius 1 is 1.33 bits per heavy atom. The number of nitrogens with one attached hydrogen (secondary N) is 1. The van der Waals surface area contributed by atoms with Crippen LogP contribution in [-0.4, -0.2) is 18.2 Å². The maximum absolute atomic E-state index is 13.4. The Hall–Kier alpha value is -2.27. The molecule has 0 aliphatic heterocycles. The zero-order valence-electron chi connectivity index (χ0n) is 11.1. The summed E-state index contributed by atoms with van der Waals surface area (Å²) in [5.41, 5.74) is 0.820. The van der Waals surface area contributed by atoms with Crippen molar-refractivity contribution >= 4 is 23.3 Å². The molecule has 2 N–H and O–H groups in total. The van der Waals surface area contributed by atoms with Gasteiger partial charge in [-0.3, -0.25) is 0 Å². The normalized spacial score (nSPS) is 11.8. The maximum Gasteiger partial charge on any atom is 0.332 e. The van der Waals surface area contributed by atoms with E-state index in [1.165, 1.54) is 13.2 Å². The molecule has 0 saturated heterocycles. The highest BCUT2D eigenvalue weighted by Gasteiger charge is 2.22. The molecule has 0 radical (unpaired) electrons. The Morgan fingerprint density at radius 3 is 2.71 bits per heavy atom. The fourth-order valence-electron chi connectivity index (χ4n) is 1.90. The largest absolute Gasteiger partial charge is 0.508 e. The molecule has 0 bridgehead atoms. The number of esters is 1. The van der Waals surface area contributed by atoms with E-state index in [0.717, 1.165) is 12.1 Å². The van der Waals surface area contributed by atoms with Gasteiger partial charge in [-0.1, -0.05) is 17.7 Å². The lowest BCUT2D eigenvalue weighted by atomic mass is 10.1. The minimum Gasteiger partial charge on any atom is -0.508 e. The van der Waals surface area contributed by atoms with Gasteiger partial charge < -0.3 is 15.2 Å². The molecule has 110 valence electrons. The SMILES string of the molecule is COC(=O)C(Nc1cccc(Cl)c1)c1cc(O)cc(F)c1. The number of halogens is 2. The lowest BCUT2D eigenvalue weighted by molar-refractivity contribution is -0.141. The standard InChI is InChI=1S/C15H13ClFNO3/c1-21-15(20)14(9-5-11(17)8-13(19)6-9)18-12-4-2-3-10(16)7-12/h2-8,14,18-19H,1H3. The first-order chi connectivity index (χ1) is 9.99. The lowest BCUT2D eigenvalue weighted by Gasteiger charge is -2.18. The number of hydrogen-bond acceptors (Lipinski definition) is 4. The molecule has 1 unspecified atom stereocenters. The molecule has 2 aromatic rings. The van der Waals surface area contributed by atoms with Crippen molar-refractivity contribution in [2.75, 3.05) is 12.4 Å². The van der Waals surface area contributed by atoms with Gasteiger partial charge in [0.1, 0.15) is 11.6 Å². The lowest BCUT2D eigenvalue weighted by Crippen LogP contribution is -2.22. The maximum atomic E-state index is 13.4. The first-order valence-electron chi connectivity index (χ1n) is 6.09. The van der Waals surface area contributed by atoms with Gasteiger partial charge in [-0.05, 0) is 35.9 Å². The molecule has 0 aliphatic carbocycles. The van der Waals surface area contributed by atoms with Gasteiger partial charge in [0, 0.05) is 16.8 Å². The number of ether oxygens (including phenoxy) is 1. The molecule has 0 amide bonds. The second-order valence-corrected chi connectivity index (χ2v) is 4.79. The highest BCUT2D eigenvalue weighted by molar-refractivity contribution is 6.30. The number of carbonyl (C=O) groups excluding carboxylic acids is 1. The van der Waals surface area contributed by atoms with Crippen LogP contribution >= 0.6 is 11.6 Å². The summed E-state index contributed by atoms with van der Waals surface area (Å²) in [5.74, 6) is -1.53. The third-order valence-electron chi connectivity index (χ3n) is 2.81. The van der Waals surface area contributed by atoms with Gasteiger partial charge in [0.05, 0.1) is 7.11 Å². The van der Waals surface area contributed by atoms with Crippen LogP contribution in [0.4, 0.5) is 10.1 Å². The molecular weight excluding hydrogens is 297 g/mol. The van der Waals surface area contributed by atoms with Crippen LogP contribution in [0.15, 0.2) is 42.5 Å². The Balaban J connectivity index is 2.36. The van der Waals surface area contributed by atoms with E-state index in [-0.39, 0.29) is 11.3 Å². The Morgan fingerprint density at radius 2 is 2.10 bits per heavy atom. The molecule has 2 aromatic carbocycles. The quantitative estimate of drug-likeness (QED) is 0.849. The van der Waals surface area contributed by atoms with E-state index in [1.807, 2.05) is 0 Å². The van der Waals surface area contributed by atoms with Crippen molar-refractivity contribution in [2.45, 2.75) is 6.04 Å². The zero-order valence-corrected chi connectivity index (χ0v) is 11.9. The van der Waals surface area contributed by atoms with Crippen molar-refractivity contribution in [1.82, 2.24) is 0 Å². The van der Waals surface area contributed by atoms with E-state index in [9.17, 15) is 14.3 Å². The van der Waals surface area contributed by atoms with E-state index in [2.05, 4.69) is 5.32 Å². The van der Waals surface area contributed by atoms with Gasteiger partial charge in [0.15, 0.2) is 6.04 Å². The number of hydrogen-bond donors (Lipinski definition) is 2. The first-order valence-corrected chi connectivity index (χ1v) is 6.47. The number of benzene rings is 2. The van der Waals surface area contributed by atoms with Gasteiger partial charge in [0.2, 0.25) is 0 Å². The second-order valence-electron chi connectivity index (χ2n) is 4.35. The third-order valence-corrected chi connectivity index (χ3v) is 3.05.